The van der Waals surface area contributed by atoms with E-state index >= 15 is 0 Å². The van der Waals surface area contributed by atoms with Crippen LogP contribution in [0.5, 0.6) is 0 Å². The molecule has 0 bridgehead atoms. The van der Waals surface area contributed by atoms with Crippen molar-refractivity contribution in [1.29, 1.82) is 0 Å². The fourth-order valence-electron chi connectivity index (χ4n) is 1.80. The number of aliphatic imine (C=N–C) groups is 1. The molecule has 0 saturated carbocycles. The van der Waals surface area contributed by atoms with Crippen LogP contribution in [0.25, 0.3) is 0 Å². The average Bonchev–Trinajstić information content (AvgIpc) is 2.64. The Kier molecular flexibility index (Phi) is 6.91. The van der Waals surface area contributed by atoms with Crippen molar-refractivity contribution >= 4 is 28.7 Å². The third kappa shape index (κ3) is 4.86. The maximum absolute atomic E-state index is 12.2. The second-order valence-corrected chi connectivity index (χ2v) is 5.81. The molecule has 1 fully saturated rings. The quantitative estimate of drug-likeness (QED) is 0.690. The summed E-state index contributed by atoms with van der Waals surface area (Å²) in [6.07, 6.45) is 4.16. The summed E-state index contributed by atoms with van der Waals surface area (Å²) >= 11 is 1.38. The van der Waals surface area contributed by atoms with Crippen LogP contribution in [0.3, 0.4) is 0 Å². The van der Waals surface area contributed by atoms with Gasteiger partial charge >= 0.3 is 0 Å². The van der Waals surface area contributed by atoms with Gasteiger partial charge in [-0.15, -0.1) is 0 Å². The van der Waals surface area contributed by atoms with E-state index in [-0.39, 0.29) is 17.6 Å². The zero-order valence-electron chi connectivity index (χ0n) is 11.7. The molecule has 0 aromatic heterocycles. The van der Waals surface area contributed by atoms with E-state index in [4.69, 9.17) is 5.73 Å². The number of hydrogen-bond acceptors (Lipinski definition) is 4. The summed E-state index contributed by atoms with van der Waals surface area (Å²) in [6.45, 7) is 5.61. The summed E-state index contributed by atoms with van der Waals surface area (Å²) in [5.41, 5.74) is 5.18. The third-order valence-electron chi connectivity index (χ3n) is 2.90. The van der Waals surface area contributed by atoms with Gasteiger partial charge in [-0.2, -0.15) is 0 Å². The molecular weight excluding hydrogens is 262 g/mol. The van der Waals surface area contributed by atoms with Crippen LogP contribution in [-0.2, 0) is 9.59 Å². The number of thioether (sulfide) groups is 1. The molecule has 0 radical (unpaired) electrons. The minimum Gasteiger partial charge on any atom is -0.370 e. The topological polar surface area (TPSA) is 75.8 Å². The lowest BCUT2D eigenvalue weighted by molar-refractivity contribution is -0.128. The Morgan fingerprint density at radius 3 is 2.63 bits per heavy atom. The molecule has 0 aliphatic carbocycles. The Balaban J connectivity index is 2.72. The number of primary amides is 1. The highest BCUT2D eigenvalue weighted by Gasteiger charge is 2.38. The molecule has 6 heteroatoms. The summed E-state index contributed by atoms with van der Waals surface area (Å²) in [7, 11) is 0. The van der Waals surface area contributed by atoms with Crippen LogP contribution >= 0.6 is 11.8 Å². The molecule has 1 saturated heterocycles. The van der Waals surface area contributed by atoms with E-state index in [0.29, 0.717) is 6.54 Å². The monoisotopic (exact) mass is 285 g/mol. The number of hydrogen-bond donors (Lipinski definition) is 1. The normalized spacial score (nSPS) is 21.4. The van der Waals surface area contributed by atoms with Crippen LogP contribution in [0.1, 0.15) is 46.0 Å². The van der Waals surface area contributed by atoms with E-state index in [9.17, 15) is 9.59 Å². The first kappa shape index (κ1) is 16.0. The molecular formula is C13H23N3O2S. The van der Waals surface area contributed by atoms with Crippen LogP contribution < -0.4 is 5.73 Å². The van der Waals surface area contributed by atoms with Crippen LogP contribution in [0.2, 0.25) is 0 Å². The number of nitrogens with zero attached hydrogens (tertiary/aromatic N) is 2. The Hall–Kier alpha value is -1.04. The van der Waals surface area contributed by atoms with Crippen molar-refractivity contribution in [3.63, 3.8) is 0 Å². The van der Waals surface area contributed by atoms with Crippen molar-refractivity contribution < 1.29 is 9.59 Å². The Labute approximate surface area is 119 Å². The lowest BCUT2D eigenvalue weighted by atomic mass is 10.2. The maximum atomic E-state index is 12.2. The fourth-order valence-corrected chi connectivity index (χ4v) is 3.00. The van der Waals surface area contributed by atoms with Crippen molar-refractivity contribution in [3.8, 4) is 0 Å². The average molecular weight is 285 g/mol. The molecule has 2 amide bonds. The first-order valence-electron chi connectivity index (χ1n) is 6.90. The Bertz CT molecular complexity index is 358. The minimum absolute atomic E-state index is 0.0208. The standard InChI is InChI=1S/C13H23N3O2S/c1-3-5-7-15-13-16(8-6-4-2)12(18)10(19-13)9-11(14)17/h10H,3-9H2,1-2H3,(H2,14,17)/t10-/m0/s1. The van der Waals surface area contributed by atoms with Crippen LogP contribution in [-0.4, -0.2) is 40.2 Å². The molecule has 1 rings (SSSR count). The largest absolute Gasteiger partial charge is 0.370 e. The highest BCUT2D eigenvalue weighted by molar-refractivity contribution is 8.15. The van der Waals surface area contributed by atoms with Crippen LogP contribution in [0.4, 0.5) is 0 Å². The van der Waals surface area contributed by atoms with Crippen molar-refractivity contribution in [2.75, 3.05) is 13.1 Å². The number of carbonyl (C=O) groups excluding carboxylic acids is 2. The molecule has 1 heterocycles. The minimum atomic E-state index is -0.434. The van der Waals surface area contributed by atoms with Crippen molar-refractivity contribution in [2.45, 2.75) is 51.2 Å². The van der Waals surface area contributed by atoms with E-state index in [2.05, 4.69) is 18.8 Å². The number of amidine groups is 1. The second kappa shape index (κ2) is 8.19. The van der Waals surface area contributed by atoms with Gasteiger partial charge in [-0.05, 0) is 12.8 Å². The number of carbonyl (C=O) groups is 2. The van der Waals surface area contributed by atoms with Crippen LogP contribution in [0.15, 0.2) is 4.99 Å². The summed E-state index contributed by atoms with van der Waals surface area (Å²) in [4.78, 5) is 29.4. The van der Waals surface area contributed by atoms with Gasteiger partial charge in [-0.1, -0.05) is 38.5 Å². The smallest absolute Gasteiger partial charge is 0.242 e. The lowest BCUT2D eigenvalue weighted by Crippen LogP contribution is -2.34. The van der Waals surface area contributed by atoms with Gasteiger partial charge in [-0.25, -0.2) is 0 Å². The number of nitrogens with two attached hydrogens (primary N) is 1. The van der Waals surface area contributed by atoms with E-state index < -0.39 is 5.91 Å². The lowest BCUT2D eigenvalue weighted by Gasteiger charge is -2.15. The number of unbranched alkanes of at least 4 members (excludes halogenated alkanes) is 2. The van der Waals surface area contributed by atoms with Gasteiger partial charge in [0, 0.05) is 19.5 Å². The molecule has 1 aliphatic rings. The predicted molar refractivity (Wildman–Crippen MR) is 79.0 cm³/mol. The SMILES string of the molecule is CCCCN=C1S[C@@H](CC(N)=O)C(=O)N1CCCC. The molecule has 108 valence electrons. The van der Waals surface area contributed by atoms with Gasteiger partial charge in [0.1, 0.15) is 5.25 Å². The van der Waals surface area contributed by atoms with E-state index in [1.165, 1.54) is 11.8 Å². The Morgan fingerprint density at radius 2 is 2.05 bits per heavy atom. The van der Waals surface area contributed by atoms with Gasteiger partial charge in [-0.3, -0.25) is 19.5 Å². The highest BCUT2D eigenvalue weighted by atomic mass is 32.2. The van der Waals surface area contributed by atoms with Gasteiger partial charge in [0.25, 0.3) is 0 Å². The summed E-state index contributed by atoms with van der Waals surface area (Å²) in [5.74, 6) is -0.455. The van der Waals surface area contributed by atoms with E-state index in [1.807, 2.05) is 0 Å². The third-order valence-corrected chi connectivity index (χ3v) is 4.11. The second-order valence-electron chi connectivity index (χ2n) is 4.64. The van der Waals surface area contributed by atoms with Gasteiger partial charge in [0.05, 0.1) is 0 Å². The summed E-state index contributed by atoms with van der Waals surface area (Å²) < 4.78 is 0. The molecule has 19 heavy (non-hydrogen) atoms. The fraction of sp³-hybridized carbons (Fsp3) is 0.769. The Morgan fingerprint density at radius 1 is 1.37 bits per heavy atom. The highest BCUT2D eigenvalue weighted by Crippen LogP contribution is 2.29. The van der Waals surface area contributed by atoms with Crippen molar-refractivity contribution in [3.05, 3.63) is 0 Å². The summed E-state index contributed by atoms with van der Waals surface area (Å²) in [5, 5.41) is 0.382. The first-order chi connectivity index (χ1) is 9.10. The van der Waals surface area contributed by atoms with Crippen molar-refractivity contribution in [2.24, 2.45) is 10.7 Å². The first-order valence-corrected chi connectivity index (χ1v) is 7.78. The van der Waals surface area contributed by atoms with E-state index in [1.54, 1.807) is 4.90 Å². The van der Waals surface area contributed by atoms with E-state index in [0.717, 1.165) is 37.4 Å². The van der Waals surface area contributed by atoms with Gasteiger partial charge in [0.15, 0.2) is 5.17 Å². The zero-order valence-corrected chi connectivity index (χ0v) is 12.5. The predicted octanol–water partition coefficient (Wildman–Crippen LogP) is 1.76. The molecule has 1 aliphatic heterocycles. The van der Waals surface area contributed by atoms with Gasteiger partial charge in [0.2, 0.25) is 11.8 Å². The molecule has 0 aromatic rings. The molecule has 0 spiro atoms. The molecule has 5 nitrogen and oxygen atoms in total. The summed E-state index contributed by atoms with van der Waals surface area (Å²) in [6, 6.07) is 0. The van der Waals surface area contributed by atoms with Crippen LogP contribution in [0, 0.1) is 0 Å². The number of amides is 2. The van der Waals surface area contributed by atoms with Gasteiger partial charge < -0.3 is 5.73 Å². The molecule has 0 unspecified atom stereocenters. The molecule has 2 N–H and O–H groups in total. The molecule has 0 aromatic carbocycles. The zero-order chi connectivity index (χ0) is 14.3. The molecule has 1 atom stereocenters. The maximum Gasteiger partial charge on any atom is 0.242 e. The van der Waals surface area contributed by atoms with Crippen molar-refractivity contribution in [1.82, 2.24) is 4.90 Å². The number of rotatable bonds is 8.